The molecule has 0 saturated heterocycles. The molecule has 0 bridgehead atoms. The number of benzene rings is 2. The highest BCUT2D eigenvalue weighted by Crippen LogP contribution is 2.26. The van der Waals surface area contributed by atoms with Crippen LogP contribution in [0.1, 0.15) is 21.5 Å². The Balaban J connectivity index is 1.85. The topological polar surface area (TPSA) is 122 Å². The van der Waals surface area contributed by atoms with Crippen LogP contribution in [0.4, 0.5) is 5.82 Å². The van der Waals surface area contributed by atoms with Crippen molar-refractivity contribution in [3.05, 3.63) is 90.3 Å². The van der Waals surface area contributed by atoms with E-state index in [-0.39, 0.29) is 22.7 Å². The molecule has 0 aliphatic rings. The third kappa shape index (κ3) is 3.75. The molecular formula is C24H23N5O4S. The van der Waals surface area contributed by atoms with E-state index in [4.69, 9.17) is 5.73 Å². The van der Waals surface area contributed by atoms with Crippen LogP contribution in [0.5, 0.6) is 0 Å². The lowest BCUT2D eigenvalue weighted by atomic mass is 10.1. The number of para-hydroxylation sites is 2. The van der Waals surface area contributed by atoms with Crippen molar-refractivity contribution in [2.75, 3.05) is 11.5 Å². The van der Waals surface area contributed by atoms with E-state index in [0.717, 1.165) is 32.0 Å². The Kier molecular flexibility index (Phi) is 6.01. The zero-order chi connectivity index (χ0) is 24.7. The van der Waals surface area contributed by atoms with Crippen molar-refractivity contribution in [2.24, 2.45) is 14.1 Å². The minimum absolute atomic E-state index is 0.197. The number of Topliss-reactive ketones (excluding diaryl/α,β-unsaturated/α-hetero) is 1. The molecule has 4 rings (SSSR count). The molecular weight excluding hydrogens is 454 g/mol. The van der Waals surface area contributed by atoms with Crippen LogP contribution in [-0.4, -0.2) is 30.2 Å². The Hall–Kier alpha value is -3.92. The molecule has 2 heterocycles. The number of thioether (sulfide) groups is 1. The third-order valence-electron chi connectivity index (χ3n) is 5.73. The van der Waals surface area contributed by atoms with Gasteiger partial charge in [-0.05, 0) is 37.1 Å². The molecule has 0 fully saturated rings. The van der Waals surface area contributed by atoms with Crippen LogP contribution in [-0.2, 0) is 14.1 Å². The van der Waals surface area contributed by atoms with Gasteiger partial charge in [0.2, 0.25) is 0 Å². The molecule has 0 aliphatic heterocycles. The van der Waals surface area contributed by atoms with E-state index in [0.29, 0.717) is 21.7 Å². The van der Waals surface area contributed by atoms with Gasteiger partial charge in [0.15, 0.2) is 10.9 Å². The summed E-state index contributed by atoms with van der Waals surface area (Å²) in [5.41, 5.74) is 6.99. The number of anilines is 1. The van der Waals surface area contributed by atoms with Crippen molar-refractivity contribution < 1.29 is 4.79 Å². The van der Waals surface area contributed by atoms with E-state index in [1.54, 1.807) is 24.3 Å². The molecule has 0 atom stereocenters. The summed E-state index contributed by atoms with van der Waals surface area (Å²) >= 11 is 1.04. The lowest BCUT2D eigenvalue weighted by molar-refractivity contribution is 0.102. The van der Waals surface area contributed by atoms with Gasteiger partial charge in [0.1, 0.15) is 11.4 Å². The molecule has 0 aliphatic carbocycles. The summed E-state index contributed by atoms with van der Waals surface area (Å²) in [4.78, 5) is 55.9. The van der Waals surface area contributed by atoms with Crippen LogP contribution in [0, 0.1) is 13.8 Å². The highest BCUT2D eigenvalue weighted by atomic mass is 32.2. The van der Waals surface area contributed by atoms with Crippen LogP contribution in [0.15, 0.2) is 62.0 Å². The summed E-state index contributed by atoms with van der Waals surface area (Å²) in [5.74, 6) is -0.959. The Morgan fingerprint density at radius 1 is 0.941 bits per heavy atom. The third-order valence-corrected chi connectivity index (χ3v) is 6.67. The smallest absolute Gasteiger partial charge is 0.332 e. The Bertz CT molecular complexity index is 1630. The molecule has 0 radical (unpaired) electrons. The second-order valence-corrected chi connectivity index (χ2v) is 8.91. The van der Waals surface area contributed by atoms with E-state index in [1.165, 1.54) is 18.7 Å². The minimum Gasteiger partial charge on any atom is -0.384 e. The zero-order valence-electron chi connectivity index (χ0n) is 19.2. The van der Waals surface area contributed by atoms with Crippen LogP contribution >= 0.6 is 11.8 Å². The first-order valence-corrected chi connectivity index (χ1v) is 11.4. The summed E-state index contributed by atoms with van der Waals surface area (Å²) in [6.45, 7) is 3.80. The Morgan fingerprint density at radius 3 is 2.26 bits per heavy atom. The Morgan fingerprint density at radius 2 is 1.59 bits per heavy atom. The first-order chi connectivity index (χ1) is 16.1. The molecule has 174 valence electrons. The molecule has 10 heteroatoms. The van der Waals surface area contributed by atoms with E-state index < -0.39 is 17.0 Å². The number of nitrogen functional groups attached to an aromatic ring is 1. The number of carbonyl (C=O) groups excluding carboxylic acids is 1. The highest BCUT2D eigenvalue weighted by Gasteiger charge is 2.22. The second-order valence-electron chi connectivity index (χ2n) is 7.97. The number of ketones is 1. The summed E-state index contributed by atoms with van der Waals surface area (Å²) in [6.07, 6.45) is 0. The van der Waals surface area contributed by atoms with Crippen LogP contribution in [0.2, 0.25) is 0 Å². The van der Waals surface area contributed by atoms with Gasteiger partial charge in [0.05, 0.1) is 22.3 Å². The molecule has 2 aromatic carbocycles. The number of fused-ring (bicyclic) bond motifs is 1. The molecule has 4 aromatic rings. The maximum absolute atomic E-state index is 13.5. The average molecular weight is 478 g/mol. The molecule has 9 nitrogen and oxygen atoms in total. The second kappa shape index (κ2) is 8.79. The summed E-state index contributed by atoms with van der Waals surface area (Å²) in [5, 5.41) is 0.770. The standard InChI is InChI=1S/C24H23N5O4S/c1-13-8-7-9-14(2)19(13)29-21(31)15-10-5-6-11-16(15)26-23(29)34-12-17(30)18-20(25)27(3)24(33)28(4)22(18)32/h5-11H,12,25H2,1-4H3. The van der Waals surface area contributed by atoms with E-state index in [2.05, 4.69) is 4.98 Å². The van der Waals surface area contributed by atoms with E-state index in [1.807, 2.05) is 32.0 Å². The van der Waals surface area contributed by atoms with Crippen LogP contribution < -0.4 is 22.5 Å². The molecule has 0 amide bonds. The molecule has 34 heavy (non-hydrogen) atoms. The summed E-state index contributed by atoms with van der Waals surface area (Å²) in [6, 6.07) is 12.7. The molecule has 2 aromatic heterocycles. The number of aryl methyl sites for hydroxylation is 2. The lowest BCUT2D eigenvalue weighted by Crippen LogP contribution is -2.41. The number of hydrogen-bond donors (Lipinski definition) is 1. The SMILES string of the molecule is Cc1cccc(C)c1-n1c(SCC(=O)c2c(N)n(C)c(=O)n(C)c2=O)nc2ccccc2c1=O. The number of rotatable bonds is 5. The van der Waals surface area contributed by atoms with Gasteiger partial charge in [-0.3, -0.25) is 28.1 Å². The first-order valence-electron chi connectivity index (χ1n) is 10.4. The monoisotopic (exact) mass is 477 g/mol. The number of carbonyl (C=O) groups is 1. The van der Waals surface area contributed by atoms with Crippen LogP contribution in [0.3, 0.4) is 0 Å². The summed E-state index contributed by atoms with van der Waals surface area (Å²) < 4.78 is 3.41. The van der Waals surface area contributed by atoms with Crippen molar-refractivity contribution in [2.45, 2.75) is 19.0 Å². The molecule has 0 unspecified atom stereocenters. The fraction of sp³-hybridized carbons (Fsp3) is 0.208. The molecule has 0 spiro atoms. The van der Waals surface area contributed by atoms with Gasteiger partial charge in [-0.2, -0.15) is 0 Å². The normalized spacial score (nSPS) is 11.2. The van der Waals surface area contributed by atoms with E-state index >= 15 is 0 Å². The maximum Gasteiger partial charge on any atom is 0.332 e. The van der Waals surface area contributed by atoms with E-state index in [9.17, 15) is 19.2 Å². The fourth-order valence-electron chi connectivity index (χ4n) is 3.89. The molecule has 2 N–H and O–H groups in total. The minimum atomic E-state index is -0.759. The highest BCUT2D eigenvalue weighted by molar-refractivity contribution is 7.99. The molecule has 0 saturated carbocycles. The predicted octanol–water partition coefficient (Wildman–Crippen LogP) is 1.96. The predicted molar refractivity (Wildman–Crippen MR) is 133 cm³/mol. The maximum atomic E-state index is 13.5. The Labute approximate surface area is 198 Å². The van der Waals surface area contributed by atoms with Gasteiger partial charge >= 0.3 is 5.69 Å². The van der Waals surface area contributed by atoms with Crippen molar-refractivity contribution in [1.29, 1.82) is 0 Å². The van der Waals surface area contributed by atoms with Crippen LogP contribution in [0.25, 0.3) is 16.6 Å². The fourth-order valence-corrected chi connectivity index (χ4v) is 4.76. The zero-order valence-corrected chi connectivity index (χ0v) is 20.0. The summed E-state index contributed by atoms with van der Waals surface area (Å²) in [7, 11) is 2.68. The number of nitrogens with zero attached hydrogens (tertiary/aromatic N) is 4. The van der Waals surface area contributed by atoms with Gasteiger partial charge in [0.25, 0.3) is 11.1 Å². The van der Waals surface area contributed by atoms with Gasteiger partial charge < -0.3 is 5.73 Å². The van der Waals surface area contributed by atoms with Crippen molar-refractivity contribution in [1.82, 2.24) is 18.7 Å². The quantitative estimate of drug-likeness (QED) is 0.265. The number of nitrogens with two attached hydrogens (primary N) is 1. The average Bonchev–Trinajstić information content (AvgIpc) is 2.81. The largest absolute Gasteiger partial charge is 0.384 e. The number of hydrogen-bond acceptors (Lipinski definition) is 7. The van der Waals surface area contributed by atoms with Gasteiger partial charge in [-0.25, -0.2) is 9.78 Å². The van der Waals surface area contributed by atoms with Gasteiger partial charge in [-0.15, -0.1) is 0 Å². The van der Waals surface area contributed by atoms with Crippen molar-refractivity contribution in [3.8, 4) is 5.69 Å². The van der Waals surface area contributed by atoms with Gasteiger partial charge in [0, 0.05) is 14.1 Å². The van der Waals surface area contributed by atoms with Crippen molar-refractivity contribution in [3.63, 3.8) is 0 Å². The van der Waals surface area contributed by atoms with Gasteiger partial charge in [-0.1, -0.05) is 42.1 Å². The van der Waals surface area contributed by atoms with Crippen molar-refractivity contribution >= 4 is 34.3 Å². The first kappa shape index (κ1) is 23.2. The number of aromatic nitrogens is 4. The lowest BCUT2D eigenvalue weighted by Gasteiger charge is -2.17.